The minimum Gasteiger partial charge on any atom is -0.342 e. The maximum absolute atomic E-state index is 12.1. The number of carbonyl (C=O) groups excluding carboxylic acids is 1. The highest BCUT2D eigenvalue weighted by molar-refractivity contribution is 5.78. The quantitative estimate of drug-likeness (QED) is 0.903. The van der Waals surface area contributed by atoms with Crippen LogP contribution in [0.25, 0.3) is 0 Å². The summed E-state index contributed by atoms with van der Waals surface area (Å²) < 4.78 is 0. The number of rotatable bonds is 4. The van der Waals surface area contributed by atoms with Gasteiger partial charge in [0.05, 0.1) is 12.2 Å². The summed E-state index contributed by atoms with van der Waals surface area (Å²) in [6.07, 6.45) is 6.57. The Kier molecular flexibility index (Phi) is 5.33. The van der Waals surface area contributed by atoms with Crippen LogP contribution in [0.15, 0.2) is 24.4 Å². The molecule has 0 bridgehead atoms. The first-order chi connectivity index (χ1) is 9.27. The van der Waals surface area contributed by atoms with E-state index in [9.17, 15) is 4.79 Å². The summed E-state index contributed by atoms with van der Waals surface area (Å²) in [5.41, 5.74) is 0.978. The van der Waals surface area contributed by atoms with Gasteiger partial charge in [-0.15, -0.1) is 0 Å². The third kappa shape index (κ3) is 4.31. The maximum atomic E-state index is 12.1. The lowest BCUT2D eigenvalue weighted by molar-refractivity contribution is -0.130. The molecule has 1 aromatic rings. The molecule has 0 radical (unpaired) electrons. The Bertz CT molecular complexity index is 386. The number of nitrogens with zero attached hydrogens (tertiary/aromatic N) is 2. The molecule has 19 heavy (non-hydrogen) atoms. The van der Waals surface area contributed by atoms with Crippen molar-refractivity contribution in [3.05, 3.63) is 30.1 Å². The molecule has 4 heteroatoms. The number of carbonyl (C=O) groups is 1. The van der Waals surface area contributed by atoms with E-state index >= 15 is 0 Å². The molecule has 1 saturated heterocycles. The van der Waals surface area contributed by atoms with Crippen LogP contribution >= 0.6 is 0 Å². The van der Waals surface area contributed by atoms with E-state index in [0.29, 0.717) is 6.54 Å². The maximum Gasteiger partial charge on any atom is 0.236 e. The number of nitrogens with one attached hydrogen (secondary N) is 1. The van der Waals surface area contributed by atoms with E-state index in [0.717, 1.165) is 31.6 Å². The van der Waals surface area contributed by atoms with Crippen molar-refractivity contribution in [2.75, 3.05) is 19.6 Å². The van der Waals surface area contributed by atoms with Crippen molar-refractivity contribution in [3.63, 3.8) is 0 Å². The van der Waals surface area contributed by atoms with Gasteiger partial charge in [-0.25, -0.2) is 0 Å². The van der Waals surface area contributed by atoms with Gasteiger partial charge in [0.15, 0.2) is 0 Å². The Morgan fingerprint density at radius 3 is 2.68 bits per heavy atom. The van der Waals surface area contributed by atoms with Crippen LogP contribution in [0.4, 0.5) is 0 Å². The van der Waals surface area contributed by atoms with E-state index in [1.165, 1.54) is 12.8 Å². The van der Waals surface area contributed by atoms with E-state index < -0.39 is 0 Å². The van der Waals surface area contributed by atoms with Crippen LogP contribution in [0.1, 0.15) is 44.3 Å². The van der Waals surface area contributed by atoms with Crippen molar-refractivity contribution >= 4 is 5.91 Å². The molecular formula is C15H23N3O. The Balaban J connectivity index is 1.79. The molecule has 0 spiro atoms. The van der Waals surface area contributed by atoms with Crippen molar-refractivity contribution in [1.82, 2.24) is 15.2 Å². The number of amides is 1. The Hall–Kier alpha value is -1.42. The molecule has 1 aliphatic rings. The van der Waals surface area contributed by atoms with Gasteiger partial charge in [-0.1, -0.05) is 18.9 Å². The lowest BCUT2D eigenvalue weighted by atomic mass is 10.2. The molecule has 1 unspecified atom stereocenters. The average Bonchev–Trinajstić information content (AvgIpc) is 2.74. The number of pyridine rings is 1. The zero-order valence-corrected chi connectivity index (χ0v) is 11.6. The fraction of sp³-hybridized carbons (Fsp3) is 0.600. The second-order valence-corrected chi connectivity index (χ2v) is 5.15. The topological polar surface area (TPSA) is 45.2 Å². The molecule has 2 heterocycles. The Labute approximate surface area is 115 Å². The van der Waals surface area contributed by atoms with E-state index in [-0.39, 0.29) is 11.9 Å². The number of likely N-dealkylation sites (tertiary alicyclic amines) is 1. The van der Waals surface area contributed by atoms with Crippen molar-refractivity contribution in [1.29, 1.82) is 0 Å². The highest BCUT2D eigenvalue weighted by Crippen LogP contribution is 2.11. The van der Waals surface area contributed by atoms with Gasteiger partial charge in [-0.05, 0) is 31.9 Å². The van der Waals surface area contributed by atoms with Crippen LogP contribution in [-0.4, -0.2) is 35.4 Å². The number of hydrogen-bond donors (Lipinski definition) is 1. The standard InChI is InChI=1S/C15H23N3O/c1-13(14-8-4-5-9-16-14)17-12-15(19)18-10-6-2-3-7-11-18/h4-5,8-9,13,17H,2-3,6-7,10-12H2,1H3. The van der Waals surface area contributed by atoms with Crippen molar-refractivity contribution in [3.8, 4) is 0 Å². The zero-order valence-electron chi connectivity index (χ0n) is 11.6. The Morgan fingerprint density at radius 1 is 1.32 bits per heavy atom. The summed E-state index contributed by atoms with van der Waals surface area (Å²) in [6.45, 7) is 4.27. The molecule has 0 aromatic carbocycles. The van der Waals surface area contributed by atoms with Gasteiger partial charge in [0, 0.05) is 25.3 Å². The highest BCUT2D eigenvalue weighted by Gasteiger charge is 2.16. The average molecular weight is 261 g/mol. The lowest BCUT2D eigenvalue weighted by Crippen LogP contribution is -2.39. The molecule has 0 aliphatic carbocycles. The van der Waals surface area contributed by atoms with Gasteiger partial charge in [-0.3, -0.25) is 9.78 Å². The van der Waals surface area contributed by atoms with Gasteiger partial charge >= 0.3 is 0 Å². The number of hydrogen-bond acceptors (Lipinski definition) is 3. The van der Waals surface area contributed by atoms with Crippen LogP contribution in [0.3, 0.4) is 0 Å². The fourth-order valence-electron chi connectivity index (χ4n) is 2.41. The first-order valence-corrected chi connectivity index (χ1v) is 7.19. The molecule has 2 rings (SSSR count). The molecule has 4 nitrogen and oxygen atoms in total. The van der Waals surface area contributed by atoms with Gasteiger partial charge < -0.3 is 10.2 Å². The van der Waals surface area contributed by atoms with Crippen molar-refractivity contribution < 1.29 is 4.79 Å². The Morgan fingerprint density at radius 2 is 2.05 bits per heavy atom. The van der Waals surface area contributed by atoms with Crippen LogP contribution < -0.4 is 5.32 Å². The highest BCUT2D eigenvalue weighted by atomic mass is 16.2. The van der Waals surface area contributed by atoms with Crippen LogP contribution in [-0.2, 0) is 4.79 Å². The molecule has 1 aliphatic heterocycles. The van der Waals surface area contributed by atoms with Gasteiger partial charge in [-0.2, -0.15) is 0 Å². The predicted octanol–water partition coefficient (Wildman–Crippen LogP) is 2.13. The summed E-state index contributed by atoms with van der Waals surface area (Å²) >= 11 is 0. The zero-order chi connectivity index (χ0) is 13.5. The molecular weight excluding hydrogens is 238 g/mol. The molecule has 1 fully saturated rings. The summed E-state index contributed by atoms with van der Waals surface area (Å²) in [5, 5.41) is 3.26. The van der Waals surface area contributed by atoms with Crippen LogP contribution in [0.5, 0.6) is 0 Å². The summed E-state index contributed by atoms with van der Waals surface area (Å²) in [6, 6.07) is 5.96. The van der Waals surface area contributed by atoms with Gasteiger partial charge in [0.1, 0.15) is 0 Å². The second kappa shape index (κ2) is 7.24. The lowest BCUT2D eigenvalue weighted by Gasteiger charge is -2.21. The molecule has 1 aromatic heterocycles. The number of aromatic nitrogens is 1. The van der Waals surface area contributed by atoms with Crippen LogP contribution in [0.2, 0.25) is 0 Å². The SMILES string of the molecule is CC(NCC(=O)N1CCCCCC1)c1ccccn1. The molecule has 1 amide bonds. The smallest absolute Gasteiger partial charge is 0.236 e. The first-order valence-electron chi connectivity index (χ1n) is 7.19. The van der Waals surface area contributed by atoms with E-state index in [1.54, 1.807) is 6.20 Å². The van der Waals surface area contributed by atoms with Crippen LogP contribution in [0, 0.1) is 0 Å². The third-order valence-corrected chi connectivity index (χ3v) is 3.65. The molecule has 1 N–H and O–H groups in total. The predicted molar refractivity (Wildman–Crippen MR) is 75.7 cm³/mol. The largest absolute Gasteiger partial charge is 0.342 e. The summed E-state index contributed by atoms with van der Waals surface area (Å²) in [4.78, 5) is 18.4. The summed E-state index contributed by atoms with van der Waals surface area (Å²) in [5.74, 6) is 0.213. The van der Waals surface area contributed by atoms with Gasteiger partial charge in [0.25, 0.3) is 0 Å². The summed E-state index contributed by atoms with van der Waals surface area (Å²) in [7, 11) is 0. The van der Waals surface area contributed by atoms with E-state index in [1.807, 2.05) is 30.0 Å². The molecule has 0 saturated carbocycles. The van der Waals surface area contributed by atoms with Gasteiger partial charge in [0.2, 0.25) is 5.91 Å². The minimum absolute atomic E-state index is 0.108. The van der Waals surface area contributed by atoms with Crippen molar-refractivity contribution in [2.24, 2.45) is 0 Å². The first kappa shape index (κ1) is 14.0. The fourth-order valence-corrected chi connectivity index (χ4v) is 2.41. The molecule has 1 atom stereocenters. The van der Waals surface area contributed by atoms with E-state index in [4.69, 9.17) is 0 Å². The second-order valence-electron chi connectivity index (χ2n) is 5.15. The van der Waals surface area contributed by atoms with E-state index in [2.05, 4.69) is 10.3 Å². The normalized spacial score (nSPS) is 17.8. The monoisotopic (exact) mass is 261 g/mol. The molecule has 104 valence electrons. The minimum atomic E-state index is 0.108. The van der Waals surface area contributed by atoms with Crippen molar-refractivity contribution in [2.45, 2.75) is 38.6 Å². The third-order valence-electron chi connectivity index (χ3n) is 3.65.